The zero-order chi connectivity index (χ0) is 13.0. The van der Waals surface area contributed by atoms with Crippen molar-refractivity contribution in [3.8, 4) is 0 Å². The van der Waals surface area contributed by atoms with E-state index in [4.69, 9.17) is 5.84 Å². The van der Waals surface area contributed by atoms with Gasteiger partial charge in [-0.2, -0.15) is 5.10 Å². The highest BCUT2D eigenvalue weighted by Crippen LogP contribution is 2.19. The Morgan fingerprint density at radius 3 is 2.72 bits per heavy atom. The van der Waals surface area contributed by atoms with Crippen molar-refractivity contribution in [3.63, 3.8) is 0 Å². The van der Waals surface area contributed by atoms with Crippen molar-refractivity contribution in [3.05, 3.63) is 29.8 Å². The first kappa shape index (κ1) is 12.3. The Bertz CT molecular complexity index is 520. The van der Waals surface area contributed by atoms with Crippen molar-refractivity contribution < 1.29 is 0 Å². The second-order valence-electron chi connectivity index (χ2n) is 3.85. The molecule has 0 aliphatic rings. The average Bonchev–Trinajstić information content (AvgIpc) is 2.81. The normalized spacial score (nSPS) is 10.4. The largest absolute Gasteiger partial charge is 0.364 e. The maximum atomic E-state index is 5.43. The summed E-state index contributed by atoms with van der Waals surface area (Å²) in [5, 5.41) is 7.39. The van der Waals surface area contributed by atoms with Crippen LogP contribution in [0.5, 0.6) is 0 Å². The van der Waals surface area contributed by atoms with E-state index >= 15 is 0 Å². The van der Waals surface area contributed by atoms with Crippen molar-refractivity contribution in [1.29, 1.82) is 0 Å². The third-order valence-electron chi connectivity index (χ3n) is 2.80. The summed E-state index contributed by atoms with van der Waals surface area (Å²) in [5.74, 6) is 6.87. The molecule has 2 aromatic heterocycles. The second-order valence-corrected chi connectivity index (χ2v) is 3.85. The summed E-state index contributed by atoms with van der Waals surface area (Å²) in [6.07, 6.45) is 4.05. The Balaban J connectivity index is 2.16. The van der Waals surface area contributed by atoms with Gasteiger partial charge in [0.2, 0.25) is 0 Å². The molecule has 2 aromatic rings. The molecule has 0 unspecified atom stereocenters. The molecule has 0 atom stereocenters. The lowest BCUT2D eigenvalue weighted by Crippen LogP contribution is -2.14. The molecule has 4 N–H and O–H groups in total. The molecular weight excluding hydrogens is 230 g/mol. The molecule has 0 amide bonds. The molecular formula is C11H17N7. The van der Waals surface area contributed by atoms with Crippen LogP contribution in [-0.4, -0.2) is 19.7 Å². The molecule has 0 radical (unpaired) electrons. The number of hydrogen-bond donors (Lipinski definition) is 3. The van der Waals surface area contributed by atoms with Gasteiger partial charge in [-0.1, -0.05) is 6.92 Å². The number of hydrazine groups is 1. The van der Waals surface area contributed by atoms with Crippen LogP contribution in [0.4, 0.5) is 11.6 Å². The molecule has 7 heteroatoms. The molecule has 2 heterocycles. The van der Waals surface area contributed by atoms with E-state index < -0.39 is 0 Å². The van der Waals surface area contributed by atoms with Crippen molar-refractivity contribution >= 4 is 11.6 Å². The van der Waals surface area contributed by atoms with Crippen LogP contribution in [0, 0.1) is 0 Å². The van der Waals surface area contributed by atoms with E-state index in [1.165, 1.54) is 6.33 Å². The van der Waals surface area contributed by atoms with Crippen LogP contribution in [0.1, 0.15) is 18.2 Å². The maximum Gasteiger partial charge on any atom is 0.148 e. The molecule has 0 bridgehead atoms. The highest BCUT2D eigenvalue weighted by molar-refractivity contribution is 5.56. The number of aromatic nitrogens is 4. The van der Waals surface area contributed by atoms with Crippen LogP contribution in [0.2, 0.25) is 0 Å². The Morgan fingerprint density at radius 2 is 2.11 bits per heavy atom. The fraction of sp³-hybridized carbons (Fsp3) is 0.364. The summed E-state index contributed by atoms with van der Waals surface area (Å²) in [5.41, 5.74) is 4.64. The van der Waals surface area contributed by atoms with Gasteiger partial charge in [0.15, 0.2) is 0 Å². The minimum Gasteiger partial charge on any atom is -0.364 e. The van der Waals surface area contributed by atoms with E-state index in [0.717, 1.165) is 23.5 Å². The van der Waals surface area contributed by atoms with Crippen LogP contribution < -0.4 is 16.6 Å². The number of nitrogens with two attached hydrogens (primary N) is 1. The van der Waals surface area contributed by atoms with Gasteiger partial charge in [0.05, 0.1) is 12.2 Å². The maximum absolute atomic E-state index is 5.43. The number of hydrogen-bond acceptors (Lipinski definition) is 6. The first-order valence-electron chi connectivity index (χ1n) is 5.77. The quantitative estimate of drug-likeness (QED) is 0.531. The van der Waals surface area contributed by atoms with Crippen molar-refractivity contribution in [2.75, 3.05) is 10.7 Å². The smallest absolute Gasteiger partial charge is 0.148 e. The van der Waals surface area contributed by atoms with Gasteiger partial charge >= 0.3 is 0 Å². The molecule has 0 aromatic carbocycles. The van der Waals surface area contributed by atoms with Crippen molar-refractivity contribution in [1.82, 2.24) is 19.7 Å². The summed E-state index contributed by atoms with van der Waals surface area (Å²) in [7, 11) is 1.91. The summed E-state index contributed by atoms with van der Waals surface area (Å²) in [4.78, 5) is 8.33. The number of nitrogens with one attached hydrogen (secondary N) is 2. The minimum atomic E-state index is 0.653. The Hall–Kier alpha value is -2.15. The van der Waals surface area contributed by atoms with Gasteiger partial charge in [0.1, 0.15) is 18.0 Å². The third kappa shape index (κ3) is 2.40. The molecule has 0 aliphatic heterocycles. The average molecular weight is 247 g/mol. The minimum absolute atomic E-state index is 0.653. The summed E-state index contributed by atoms with van der Waals surface area (Å²) < 4.78 is 1.82. The van der Waals surface area contributed by atoms with Crippen LogP contribution in [-0.2, 0) is 20.0 Å². The molecule has 0 spiro atoms. The van der Waals surface area contributed by atoms with Crippen LogP contribution >= 0.6 is 0 Å². The van der Waals surface area contributed by atoms with Crippen LogP contribution in [0.3, 0.4) is 0 Å². The number of anilines is 2. The molecule has 18 heavy (non-hydrogen) atoms. The Labute approximate surface area is 105 Å². The van der Waals surface area contributed by atoms with Gasteiger partial charge in [-0.3, -0.25) is 4.68 Å². The standard InChI is InChI=1S/C11H17N7/c1-3-9-10(14-7-15-11(9)17-12)13-6-8-4-5-16-18(8)2/h4-5,7H,3,6,12H2,1-2H3,(H2,13,14,15,17). The number of aryl methyl sites for hydroxylation is 1. The zero-order valence-corrected chi connectivity index (χ0v) is 10.5. The Kier molecular flexibility index (Phi) is 3.73. The molecule has 0 fully saturated rings. The van der Waals surface area contributed by atoms with Crippen LogP contribution in [0.15, 0.2) is 18.6 Å². The number of rotatable bonds is 5. The summed E-state index contributed by atoms with van der Waals surface area (Å²) >= 11 is 0. The van der Waals surface area contributed by atoms with Gasteiger partial charge in [0, 0.05) is 18.8 Å². The first-order chi connectivity index (χ1) is 8.76. The van der Waals surface area contributed by atoms with Crippen LogP contribution in [0.25, 0.3) is 0 Å². The molecule has 96 valence electrons. The fourth-order valence-electron chi connectivity index (χ4n) is 1.77. The lowest BCUT2D eigenvalue weighted by atomic mass is 10.2. The lowest BCUT2D eigenvalue weighted by molar-refractivity contribution is 0.719. The molecule has 2 rings (SSSR count). The van der Waals surface area contributed by atoms with E-state index in [-0.39, 0.29) is 0 Å². The van der Waals surface area contributed by atoms with Gasteiger partial charge in [-0.05, 0) is 12.5 Å². The summed E-state index contributed by atoms with van der Waals surface area (Å²) in [6.45, 7) is 2.69. The summed E-state index contributed by atoms with van der Waals surface area (Å²) in [6, 6.07) is 1.96. The molecule has 0 aliphatic carbocycles. The predicted octanol–water partition coefficient (Wildman–Crippen LogP) is 0.670. The SMILES string of the molecule is CCc1c(NN)ncnc1NCc1ccnn1C. The van der Waals surface area contributed by atoms with Gasteiger partial charge in [-0.15, -0.1) is 0 Å². The zero-order valence-electron chi connectivity index (χ0n) is 10.5. The van der Waals surface area contributed by atoms with E-state index in [2.05, 4.69) is 25.8 Å². The topological polar surface area (TPSA) is 93.7 Å². The van der Waals surface area contributed by atoms with Crippen molar-refractivity contribution in [2.45, 2.75) is 19.9 Å². The third-order valence-corrected chi connectivity index (χ3v) is 2.80. The van der Waals surface area contributed by atoms with E-state index in [9.17, 15) is 0 Å². The van der Waals surface area contributed by atoms with Gasteiger partial charge in [-0.25, -0.2) is 15.8 Å². The molecule has 0 saturated heterocycles. The Morgan fingerprint density at radius 1 is 1.33 bits per heavy atom. The highest BCUT2D eigenvalue weighted by Gasteiger charge is 2.09. The van der Waals surface area contributed by atoms with Crippen molar-refractivity contribution in [2.24, 2.45) is 12.9 Å². The van der Waals surface area contributed by atoms with E-state index in [1.54, 1.807) is 6.20 Å². The van der Waals surface area contributed by atoms with E-state index in [1.807, 2.05) is 24.7 Å². The van der Waals surface area contributed by atoms with Gasteiger partial charge < -0.3 is 10.7 Å². The molecule has 0 saturated carbocycles. The fourth-order valence-corrected chi connectivity index (χ4v) is 1.77. The predicted molar refractivity (Wildman–Crippen MR) is 69.8 cm³/mol. The monoisotopic (exact) mass is 247 g/mol. The molecule has 7 nitrogen and oxygen atoms in total. The number of nitrogen functional groups attached to an aromatic ring is 1. The van der Waals surface area contributed by atoms with E-state index in [0.29, 0.717) is 12.4 Å². The van der Waals surface area contributed by atoms with Gasteiger partial charge in [0.25, 0.3) is 0 Å². The lowest BCUT2D eigenvalue weighted by Gasteiger charge is -2.12. The second kappa shape index (κ2) is 5.46. The highest BCUT2D eigenvalue weighted by atomic mass is 15.3. The first-order valence-corrected chi connectivity index (χ1v) is 5.77. The number of nitrogens with zero attached hydrogens (tertiary/aromatic N) is 4.